The molecule has 0 bridgehead atoms. The molecular weight excluding hydrogens is 430 g/mol. The van der Waals surface area contributed by atoms with Crippen LogP contribution >= 0.6 is 0 Å². The fourth-order valence-electron chi connectivity index (χ4n) is 5.07. The largest absolute Gasteiger partial charge is 0.491 e. The van der Waals surface area contributed by atoms with Gasteiger partial charge in [-0.25, -0.2) is 4.79 Å². The zero-order valence-electron chi connectivity index (χ0n) is 19.8. The molecular formula is C27H33N3O4. The summed E-state index contributed by atoms with van der Waals surface area (Å²) in [5, 5.41) is 0. The molecule has 2 aliphatic heterocycles. The quantitative estimate of drug-likeness (QED) is 0.679. The third-order valence-electron chi connectivity index (χ3n) is 7.06. The first kappa shape index (κ1) is 22.7. The predicted molar refractivity (Wildman–Crippen MR) is 129 cm³/mol. The van der Waals surface area contributed by atoms with Crippen LogP contribution in [0.4, 0.5) is 4.79 Å². The van der Waals surface area contributed by atoms with Crippen molar-refractivity contribution in [1.82, 2.24) is 14.7 Å². The van der Waals surface area contributed by atoms with E-state index >= 15 is 0 Å². The average molecular weight is 464 g/mol. The summed E-state index contributed by atoms with van der Waals surface area (Å²) < 4.78 is 11.1. The molecule has 180 valence electrons. The van der Waals surface area contributed by atoms with E-state index in [1.165, 1.54) is 11.1 Å². The number of ether oxygens (including phenoxy) is 2. The molecule has 0 radical (unpaired) electrons. The Morgan fingerprint density at radius 2 is 1.79 bits per heavy atom. The zero-order chi connectivity index (χ0) is 23.5. The van der Waals surface area contributed by atoms with Gasteiger partial charge in [0.15, 0.2) is 0 Å². The number of nitrogens with zero attached hydrogens (tertiary/aromatic N) is 3. The van der Waals surface area contributed by atoms with Gasteiger partial charge in [-0.2, -0.15) is 0 Å². The highest BCUT2D eigenvalue weighted by Gasteiger charge is 2.45. The summed E-state index contributed by atoms with van der Waals surface area (Å²) in [4.78, 5) is 31.3. The van der Waals surface area contributed by atoms with Gasteiger partial charge in [0.25, 0.3) is 0 Å². The van der Waals surface area contributed by atoms with Gasteiger partial charge in [0.2, 0.25) is 5.91 Å². The van der Waals surface area contributed by atoms with Gasteiger partial charge in [0.1, 0.15) is 12.4 Å². The summed E-state index contributed by atoms with van der Waals surface area (Å²) in [5.74, 6) is 1.55. The lowest BCUT2D eigenvalue weighted by atomic mass is 10.1. The van der Waals surface area contributed by atoms with Gasteiger partial charge >= 0.3 is 6.09 Å². The molecule has 0 spiro atoms. The first-order chi connectivity index (χ1) is 16.6. The third-order valence-corrected chi connectivity index (χ3v) is 7.06. The molecule has 1 aliphatic carbocycles. The molecule has 1 saturated carbocycles. The van der Waals surface area contributed by atoms with Crippen LogP contribution in [0.15, 0.2) is 48.5 Å². The van der Waals surface area contributed by atoms with E-state index in [1.54, 1.807) is 4.90 Å². The molecule has 2 aromatic rings. The van der Waals surface area contributed by atoms with Crippen molar-refractivity contribution in [2.45, 2.75) is 32.4 Å². The van der Waals surface area contributed by atoms with E-state index in [9.17, 15) is 9.59 Å². The Morgan fingerprint density at radius 3 is 2.56 bits per heavy atom. The number of hydrogen-bond donors (Lipinski definition) is 0. The Kier molecular flexibility index (Phi) is 6.72. The van der Waals surface area contributed by atoms with E-state index < -0.39 is 0 Å². The van der Waals surface area contributed by atoms with Crippen LogP contribution in [-0.4, -0.2) is 72.6 Å². The predicted octanol–water partition coefficient (Wildman–Crippen LogP) is 3.49. The van der Waals surface area contributed by atoms with Gasteiger partial charge < -0.3 is 19.3 Å². The molecule has 0 unspecified atom stereocenters. The van der Waals surface area contributed by atoms with Crippen molar-refractivity contribution >= 4 is 12.0 Å². The van der Waals surface area contributed by atoms with E-state index in [2.05, 4.69) is 29.2 Å². The smallest absolute Gasteiger partial charge is 0.409 e. The maximum atomic E-state index is 13.3. The highest BCUT2D eigenvalue weighted by Crippen LogP contribution is 2.48. The number of hydrogen-bond acceptors (Lipinski definition) is 5. The topological polar surface area (TPSA) is 62.3 Å². The Morgan fingerprint density at radius 1 is 1.00 bits per heavy atom. The van der Waals surface area contributed by atoms with Gasteiger partial charge in [0.05, 0.1) is 13.2 Å². The summed E-state index contributed by atoms with van der Waals surface area (Å²) >= 11 is 0. The van der Waals surface area contributed by atoms with Crippen molar-refractivity contribution in [2.75, 3.05) is 45.9 Å². The number of carbonyl (C=O) groups excluding carboxylic acids is 2. The Labute approximate surface area is 201 Å². The lowest BCUT2D eigenvalue weighted by Crippen LogP contribution is -2.48. The number of piperazine rings is 1. The van der Waals surface area contributed by atoms with E-state index in [0.29, 0.717) is 45.3 Å². The van der Waals surface area contributed by atoms with Gasteiger partial charge in [-0.05, 0) is 42.5 Å². The van der Waals surface area contributed by atoms with Crippen LogP contribution in [0.3, 0.4) is 0 Å². The Bertz CT molecular complexity index is 1020. The number of benzene rings is 2. The van der Waals surface area contributed by atoms with Gasteiger partial charge in [0, 0.05) is 50.7 Å². The summed E-state index contributed by atoms with van der Waals surface area (Å²) in [6.07, 6.45) is 0.712. The number of rotatable bonds is 5. The van der Waals surface area contributed by atoms with E-state index in [4.69, 9.17) is 9.47 Å². The fraction of sp³-hybridized carbons (Fsp3) is 0.481. The van der Waals surface area contributed by atoms with Crippen LogP contribution in [0.1, 0.15) is 36.0 Å². The first-order valence-corrected chi connectivity index (χ1v) is 12.3. The van der Waals surface area contributed by atoms with Crippen LogP contribution < -0.4 is 4.74 Å². The van der Waals surface area contributed by atoms with Gasteiger partial charge in [-0.1, -0.05) is 36.4 Å². The normalized spacial score (nSPS) is 22.4. The van der Waals surface area contributed by atoms with E-state index in [1.807, 2.05) is 36.1 Å². The lowest BCUT2D eigenvalue weighted by Gasteiger charge is -2.34. The van der Waals surface area contributed by atoms with Crippen molar-refractivity contribution in [1.29, 1.82) is 0 Å². The van der Waals surface area contributed by atoms with Crippen LogP contribution in [-0.2, 0) is 22.6 Å². The standard InChI is InChI=1S/C27H33N3O4/c1-2-33-27(32)29-12-10-28(11-13-29)18-20-8-9-25-22(16-20)19-30(14-15-34-25)26(31)24-17-23(24)21-6-4-3-5-7-21/h3-9,16,23-24H,2,10-15,17-19H2,1H3/t23-,24+/m0/s1. The van der Waals surface area contributed by atoms with Gasteiger partial charge in [-0.15, -0.1) is 0 Å². The molecule has 2 atom stereocenters. The monoisotopic (exact) mass is 463 g/mol. The SMILES string of the molecule is CCOC(=O)N1CCN(Cc2ccc3c(c2)CN(C(=O)[C@@H]2C[C@H]2c2ccccc2)CCO3)CC1. The van der Waals surface area contributed by atoms with E-state index in [-0.39, 0.29) is 17.9 Å². The summed E-state index contributed by atoms with van der Waals surface area (Å²) in [6.45, 7) is 7.79. The fourth-order valence-corrected chi connectivity index (χ4v) is 5.07. The second-order valence-corrected chi connectivity index (χ2v) is 9.37. The van der Waals surface area contributed by atoms with Crippen molar-refractivity contribution < 1.29 is 19.1 Å². The molecule has 2 heterocycles. The second-order valence-electron chi connectivity index (χ2n) is 9.37. The summed E-state index contributed by atoms with van der Waals surface area (Å²) in [6, 6.07) is 16.7. The molecule has 2 aromatic carbocycles. The van der Waals surface area contributed by atoms with Crippen molar-refractivity contribution in [2.24, 2.45) is 5.92 Å². The Balaban J connectivity index is 1.19. The third kappa shape index (κ3) is 5.04. The molecule has 0 aromatic heterocycles. The minimum atomic E-state index is -0.223. The zero-order valence-corrected chi connectivity index (χ0v) is 19.8. The molecule has 34 heavy (non-hydrogen) atoms. The first-order valence-electron chi connectivity index (χ1n) is 12.3. The molecule has 1 saturated heterocycles. The summed E-state index contributed by atoms with van der Waals surface area (Å²) in [7, 11) is 0. The lowest BCUT2D eigenvalue weighted by molar-refractivity contribution is -0.133. The van der Waals surface area contributed by atoms with Crippen LogP contribution in [0.2, 0.25) is 0 Å². The Hall–Kier alpha value is -3.06. The highest BCUT2D eigenvalue weighted by molar-refractivity contribution is 5.83. The van der Waals surface area contributed by atoms with Gasteiger partial charge in [-0.3, -0.25) is 9.69 Å². The molecule has 7 heteroatoms. The second kappa shape index (κ2) is 10.1. The van der Waals surface area contributed by atoms with Crippen molar-refractivity contribution in [3.05, 3.63) is 65.2 Å². The van der Waals surface area contributed by atoms with E-state index in [0.717, 1.165) is 37.4 Å². The number of amides is 2. The highest BCUT2D eigenvalue weighted by atomic mass is 16.6. The van der Waals surface area contributed by atoms with Crippen molar-refractivity contribution in [3.8, 4) is 5.75 Å². The molecule has 5 rings (SSSR count). The van der Waals surface area contributed by atoms with Crippen LogP contribution in [0.5, 0.6) is 5.75 Å². The minimum Gasteiger partial charge on any atom is -0.491 e. The summed E-state index contributed by atoms with van der Waals surface area (Å²) in [5.41, 5.74) is 3.54. The van der Waals surface area contributed by atoms with Crippen LogP contribution in [0, 0.1) is 5.92 Å². The molecule has 2 fully saturated rings. The minimum absolute atomic E-state index is 0.0860. The molecule has 0 N–H and O–H groups in total. The molecule has 3 aliphatic rings. The van der Waals surface area contributed by atoms with Crippen LogP contribution in [0.25, 0.3) is 0 Å². The maximum absolute atomic E-state index is 13.3. The maximum Gasteiger partial charge on any atom is 0.409 e. The molecule has 2 amide bonds. The molecule has 7 nitrogen and oxygen atoms in total. The average Bonchev–Trinajstić information content (AvgIpc) is 3.68. The van der Waals surface area contributed by atoms with Crippen molar-refractivity contribution in [3.63, 3.8) is 0 Å². The number of fused-ring (bicyclic) bond motifs is 1. The number of carbonyl (C=O) groups is 2.